The fraction of sp³-hybridized carbons (Fsp3) is 0.679. The topological polar surface area (TPSA) is 323 Å². The van der Waals surface area contributed by atoms with E-state index in [0.29, 0.717) is 47.2 Å². The summed E-state index contributed by atoms with van der Waals surface area (Å²) >= 11 is 4.95. The van der Waals surface area contributed by atoms with E-state index in [-0.39, 0.29) is 77.4 Å². The van der Waals surface area contributed by atoms with Crippen molar-refractivity contribution < 1.29 is 71.7 Å². The maximum atomic E-state index is 13.6. The molecule has 2 aromatic heterocycles. The smallest absolute Gasteiger partial charge is 0.408 e. The van der Waals surface area contributed by atoms with Gasteiger partial charge in [-0.25, -0.2) is 24.4 Å². The van der Waals surface area contributed by atoms with E-state index in [1.807, 2.05) is 6.08 Å². The lowest BCUT2D eigenvalue weighted by molar-refractivity contribution is -0.156. The second-order valence-corrected chi connectivity index (χ2v) is 39.0. The third-order valence-electron chi connectivity index (χ3n) is 16.4. The molecule has 0 fully saturated rings. The van der Waals surface area contributed by atoms with Gasteiger partial charge in [-0.3, -0.25) is 38.4 Å². The summed E-state index contributed by atoms with van der Waals surface area (Å²) in [5.74, 6) is -4.51. The fourth-order valence-electron chi connectivity index (χ4n) is 10.3. The molecular formula is C78H126N8O15S4Si. The number of thiazole rings is 2. The quantitative estimate of drug-likeness (QED) is 0.00896. The van der Waals surface area contributed by atoms with E-state index in [9.17, 15) is 52.7 Å². The van der Waals surface area contributed by atoms with Crippen LogP contribution >= 0.6 is 46.2 Å². The van der Waals surface area contributed by atoms with Crippen LogP contribution in [0.3, 0.4) is 0 Å². The van der Waals surface area contributed by atoms with E-state index >= 15 is 0 Å². The minimum absolute atomic E-state index is 0.0185. The minimum Gasteiger partial charge on any atom is -0.466 e. The van der Waals surface area contributed by atoms with E-state index in [1.165, 1.54) is 149 Å². The Bertz CT molecular complexity index is 3150. The molecule has 0 saturated carbocycles. The summed E-state index contributed by atoms with van der Waals surface area (Å²) in [6.07, 6.45) is 33.6. The van der Waals surface area contributed by atoms with Gasteiger partial charge in [0.1, 0.15) is 62.7 Å². The Balaban J connectivity index is 0.000000745. The van der Waals surface area contributed by atoms with Gasteiger partial charge in [-0.05, 0) is 90.3 Å². The highest BCUT2D eigenvalue weighted by atomic mass is 32.2. The zero-order chi connectivity index (χ0) is 78.9. The van der Waals surface area contributed by atoms with Crippen molar-refractivity contribution in [1.29, 1.82) is 0 Å². The van der Waals surface area contributed by atoms with Crippen molar-refractivity contribution in [2.45, 2.75) is 312 Å². The second kappa shape index (κ2) is 55.0. The predicted molar refractivity (Wildman–Crippen MR) is 429 cm³/mol. The fourth-order valence-corrected chi connectivity index (χ4v) is 14.0. The van der Waals surface area contributed by atoms with Gasteiger partial charge >= 0.3 is 24.0 Å². The Morgan fingerprint density at radius 1 is 0.745 bits per heavy atom. The molecule has 1 aliphatic heterocycles. The van der Waals surface area contributed by atoms with Crippen LogP contribution in [0.1, 0.15) is 274 Å². The molecule has 6 amide bonds. The Morgan fingerprint density at radius 3 is 1.84 bits per heavy atom. The number of fused-ring (bicyclic) bond motifs is 2. The normalized spacial score (nSPS) is 15.8. The Morgan fingerprint density at radius 2 is 1.31 bits per heavy atom. The zero-order valence-corrected chi connectivity index (χ0v) is 70.1. The van der Waals surface area contributed by atoms with Gasteiger partial charge in [0.25, 0.3) is 23.6 Å². The molecular weight excluding hydrogens is 1450 g/mol. The number of alkyl carbamates (subject to hydrolysis) is 1. The van der Waals surface area contributed by atoms with Crippen LogP contribution in [0.15, 0.2) is 58.6 Å². The van der Waals surface area contributed by atoms with Crippen LogP contribution < -0.4 is 31.9 Å². The number of thioether (sulfide) groups is 2. The van der Waals surface area contributed by atoms with E-state index in [2.05, 4.69) is 75.4 Å². The summed E-state index contributed by atoms with van der Waals surface area (Å²) in [7, 11) is -1.45. The lowest BCUT2D eigenvalue weighted by Gasteiger charge is -2.24. The molecule has 3 rings (SSSR count). The summed E-state index contributed by atoms with van der Waals surface area (Å²) in [5.41, 5.74) is -0.636. The number of esters is 3. The van der Waals surface area contributed by atoms with E-state index in [4.69, 9.17) is 18.9 Å². The maximum Gasteiger partial charge on any atom is 0.408 e. The molecule has 28 heteroatoms. The highest BCUT2D eigenvalue weighted by Crippen LogP contribution is 2.21. The number of rotatable bonds is 45. The number of carbonyl (C=O) groups is 11. The third-order valence-corrected chi connectivity index (χ3v) is 21.8. The molecule has 2 aromatic rings. The van der Waals surface area contributed by atoms with Crippen molar-refractivity contribution in [3.8, 4) is 0 Å². The molecule has 0 spiro atoms. The van der Waals surface area contributed by atoms with Gasteiger partial charge in [-0.1, -0.05) is 225 Å². The zero-order valence-electron chi connectivity index (χ0n) is 65.9. The standard InChI is InChI=1S/C44H74N4O9S2Si.C34H52N4O6S2/c1-11-13-14-15-16-17-18-19-20-21-25-38(50)58-27-23-22-24-33(29-37(49)55-26-28-60(8,9)10)56-42(53)39(32(3)4)48-40(51)34(12-2)47-41(52)35-31-59-36(46-35)30-45-43(54)57-44(5,6)7;1-5-7-8-9-10-11-12-13-14-15-19-30(40)45-20-17-16-18-25-21-28(39)35-22-29-36-27(23-46-29)33(42)37-26(6-2)32(41)38-31(24(3)4)34(43)44-25/h12,22,24,31-33,39H,11,13-21,23,25-30H2,1-10H3,(H,45,54)(H,47,52)(H,48,51);6,16,18,23-25,31H,5,7-15,17,19-22H2,1-4H3,(H,35,39)(H,37,42)(H,38,41)/b24-22+,34-12-;18-16+,26-6-/t33-,39+;25-,31+/m11/s1. The summed E-state index contributed by atoms with van der Waals surface area (Å²) in [4.78, 5) is 150. The molecule has 23 nitrogen and oxygen atoms in total. The van der Waals surface area contributed by atoms with Crippen molar-refractivity contribution >= 4 is 118 Å². The van der Waals surface area contributed by atoms with E-state index < -0.39 is 91.5 Å². The monoisotopic (exact) mass is 1570 g/mol. The number of amides is 6. The van der Waals surface area contributed by atoms with Gasteiger partial charge in [0.05, 0.1) is 32.5 Å². The molecule has 0 aliphatic carbocycles. The Hall–Kier alpha value is -6.49. The summed E-state index contributed by atoms with van der Waals surface area (Å²) in [5, 5.41) is 20.1. The van der Waals surface area contributed by atoms with Crippen LogP contribution in [0, 0.1) is 11.8 Å². The van der Waals surface area contributed by atoms with Crippen molar-refractivity contribution in [3.63, 3.8) is 0 Å². The summed E-state index contributed by atoms with van der Waals surface area (Å²) in [6.45, 7) is 26.8. The lowest BCUT2D eigenvalue weighted by Crippen LogP contribution is -2.48. The van der Waals surface area contributed by atoms with Crippen LogP contribution in [0.4, 0.5) is 4.79 Å². The number of unbranched alkanes of at least 4 members (excludes halogenated alkanes) is 18. The Labute approximate surface area is 649 Å². The molecule has 0 radical (unpaired) electrons. The van der Waals surface area contributed by atoms with Crippen LogP contribution in [0.2, 0.25) is 25.7 Å². The largest absolute Gasteiger partial charge is 0.466 e. The van der Waals surface area contributed by atoms with Gasteiger partial charge in [0, 0.05) is 43.2 Å². The number of ether oxygens (including phenoxy) is 4. The van der Waals surface area contributed by atoms with Gasteiger partial charge in [-0.15, -0.1) is 22.7 Å². The number of hydrogen-bond acceptors (Lipinski definition) is 21. The average Bonchev–Trinajstić information content (AvgIpc) is 1.47. The first-order valence-corrected chi connectivity index (χ1v) is 45.7. The molecule has 6 N–H and O–H groups in total. The minimum atomic E-state index is -1.45. The van der Waals surface area contributed by atoms with Crippen molar-refractivity contribution in [3.05, 3.63) is 80.0 Å². The van der Waals surface area contributed by atoms with E-state index in [0.717, 1.165) is 49.5 Å². The van der Waals surface area contributed by atoms with Gasteiger partial charge in [-0.2, -0.15) is 0 Å². The molecule has 2 bridgehead atoms. The second-order valence-electron chi connectivity index (χ2n) is 29.2. The van der Waals surface area contributed by atoms with Crippen molar-refractivity contribution in [1.82, 2.24) is 41.9 Å². The van der Waals surface area contributed by atoms with E-state index in [1.54, 1.807) is 85.9 Å². The molecule has 596 valence electrons. The van der Waals surface area contributed by atoms with Crippen molar-refractivity contribution in [2.24, 2.45) is 11.8 Å². The predicted octanol–water partition coefficient (Wildman–Crippen LogP) is 16.0. The summed E-state index contributed by atoms with van der Waals surface area (Å²) in [6, 6.07) is -1.34. The number of carbonyl (C=O) groups excluding carboxylic acids is 11. The first kappa shape index (κ1) is 95.6. The Kier molecular flexibility index (Phi) is 49.6. The number of hydrogen-bond donors (Lipinski definition) is 6. The highest BCUT2D eigenvalue weighted by Gasteiger charge is 2.33. The SMILES string of the molecule is C/C=C(\NC(=O)c1csc(CNC(=O)OC(C)(C)C)n1)C(=O)N[C@H](C(=O)O[C@H](/C=C/CCSC(=O)CCCCCCCCCCCC)CC(=O)OCC[Si](C)(C)C)C(C)C.C/C=C1\NC(=O)c2csc(n2)CNC(=O)C[C@@H](/C=C/CCSC(=O)CCCCCCCCCCCC)OC(=O)[C@H](C(C)C)NC1=O. The summed E-state index contributed by atoms with van der Waals surface area (Å²) < 4.78 is 22.2. The highest BCUT2D eigenvalue weighted by molar-refractivity contribution is 8.13. The number of allylic oxidation sites excluding steroid dienone is 4. The molecule has 4 atom stereocenters. The first-order valence-electron chi connectivity index (χ1n) is 38.3. The van der Waals surface area contributed by atoms with Crippen LogP contribution in [-0.4, -0.2) is 130 Å². The van der Waals surface area contributed by atoms with Crippen LogP contribution in [0.25, 0.3) is 0 Å². The third kappa shape index (κ3) is 45.4. The van der Waals surface area contributed by atoms with Crippen LogP contribution in [0.5, 0.6) is 0 Å². The lowest BCUT2D eigenvalue weighted by atomic mass is 10.0. The number of cyclic esters (lactones) is 1. The average molecular weight is 1570 g/mol. The maximum absolute atomic E-state index is 13.6. The first-order chi connectivity index (χ1) is 50.4. The van der Waals surface area contributed by atoms with Gasteiger partial charge < -0.3 is 50.8 Å². The van der Waals surface area contributed by atoms with Gasteiger partial charge in [0.2, 0.25) is 5.91 Å². The van der Waals surface area contributed by atoms with Crippen molar-refractivity contribution in [2.75, 3.05) is 18.1 Å². The molecule has 0 saturated heterocycles. The molecule has 106 heavy (non-hydrogen) atoms. The number of nitrogens with one attached hydrogen (secondary N) is 6. The molecule has 0 unspecified atom stereocenters. The number of nitrogens with zero attached hydrogens (tertiary/aromatic N) is 2. The number of aromatic nitrogens is 2. The molecule has 0 aromatic carbocycles. The molecule has 3 heterocycles. The molecule has 1 aliphatic rings. The van der Waals surface area contributed by atoms with Gasteiger partial charge in [0.15, 0.2) is 10.2 Å². The van der Waals surface area contributed by atoms with Crippen LogP contribution in [-0.2, 0) is 70.4 Å².